The predicted octanol–water partition coefficient (Wildman–Crippen LogP) is 3.94. The number of methoxy groups -OCH3 is 1. The van der Waals surface area contributed by atoms with Crippen LogP contribution in [0, 0.1) is 11.3 Å². The number of carbonyl (C=O) groups excluding carboxylic acids is 1. The molecule has 0 spiro atoms. The van der Waals surface area contributed by atoms with E-state index in [0.29, 0.717) is 34.4 Å². The predicted molar refractivity (Wildman–Crippen MR) is 96.2 cm³/mol. The van der Waals surface area contributed by atoms with Gasteiger partial charge in [-0.15, -0.1) is 0 Å². The molecule has 0 aliphatic carbocycles. The second-order valence-corrected chi connectivity index (χ2v) is 5.45. The number of nitrogens with zero attached hydrogens (tertiary/aromatic N) is 1. The van der Waals surface area contributed by atoms with E-state index in [0.717, 1.165) is 5.56 Å². The quantitative estimate of drug-likeness (QED) is 0.818. The van der Waals surface area contributed by atoms with Crippen molar-refractivity contribution in [3.63, 3.8) is 0 Å². The Morgan fingerprint density at radius 1 is 1.32 bits per heavy atom. The maximum atomic E-state index is 12.0. The van der Waals surface area contributed by atoms with Crippen LogP contribution in [0.25, 0.3) is 0 Å². The number of nitriles is 1. The van der Waals surface area contributed by atoms with Gasteiger partial charge in [0.2, 0.25) is 0 Å². The van der Waals surface area contributed by atoms with Crippen molar-refractivity contribution in [2.75, 3.05) is 19.0 Å². The molecule has 0 saturated carbocycles. The standard InChI is InChI=1S/C18H18ClN3O3/c1-3-25-17-15(19)8-13(9-16(17)24-2)11-21-18(23)22-14-6-4-5-12(7-14)10-20/h4-9H,3,11H2,1-2H3,(H2,21,22,23). The summed E-state index contributed by atoms with van der Waals surface area (Å²) in [5.41, 5.74) is 1.78. The van der Waals surface area contributed by atoms with E-state index in [2.05, 4.69) is 10.6 Å². The number of anilines is 1. The molecule has 2 aromatic rings. The van der Waals surface area contributed by atoms with Crippen molar-refractivity contribution in [3.05, 3.63) is 52.5 Å². The van der Waals surface area contributed by atoms with Crippen molar-refractivity contribution in [3.8, 4) is 17.6 Å². The molecule has 2 aromatic carbocycles. The highest BCUT2D eigenvalue weighted by molar-refractivity contribution is 6.32. The van der Waals surface area contributed by atoms with E-state index < -0.39 is 0 Å². The number of ether oxygens (including phenoxy) is 2. The van der Waals surface area contributed by atoms with Gasteiger partial charge in [-0.3, -0.25) is 0 Å². The van der Waals surface area contributed by atoms with Gasteiger partial charge in [0.25, 0.3) is 0 Å². The Hall–Kier alpha value is -2.91. The van der Waals surface area contributed by atoms with Crippen LogP contribution in [0.2, 0.25) is 5.02 Å². The van der Waals surface area contributed by atoms with Crippen molar-refractivity contribution in [2.24, 2.45) is 0 Å². The second kappa shape index (κ2) is 8.81. The number of benzene rings is 2. The first kappa shape index (κ1) is 18.4. The molecule has 0 aliphatic rings. The maximum Gasteiger partial charge on any atom is 0.319 e. The van der Waals surface area contributed by atoms with Crippen molar-refractivity contribution in [1.29, 1.82) is 5.26 Å². The summed E-state index contributed by atoms with van der Waals surface area (Å²) < 4.78 is 10.7. The fraction of sp³-hybridized carbons (Fsp3) is 0.222. The number of urea groups is 1. The van der Waals surface area contributed by atoms with E-state index in [4.69, 9.17) is 26.3 Å². The molecule has 0 radical (unpaired) electrons. The molecule has 7 heteroatoms. The Labute approximate surface area is 151 Å². The molecule has 6 nitrogen and oxygen atoms in total. The third-order valence-corrected chi connectivity index (χ3v) is 3.56. The van der Waals surface area contributed by atoms with Gasteiger partial charge in [-0.1, -0.05) is 17.7 Å². The normalized spacial score (nSPS) is 9.84. The lowest BCUT2D eigenvalue weighted by molar-refractivity contribution is 0.251. The van der Waals surface area contributed by atoms with E-state index in [1.54, 1.807) is 36.4 Å². The molecule has 0 bridgehead atoms. The summed E-state index contributed by atoms with van der Waals surface area (Å²) in [4.78, 5) is 12.0. The third kappa shape index (κ3) is 5.03. The Bertz CT molecular complexity index is 803. The molecule has 0 atom stereocenters. The first-order chi connectivity index (χ1) is 12.1. The molecule has 0 saturated heterocycles. The topological polar surface area (TPSA) is 83.4 Å². The molecule has 0 unspecified atom stereocenters. The van der Waals surface area contributed by atoms with Crippen LogP contribution in [-0.4, -0.2) is 19.7 Å². The minimum absolute atomic E-state index is 0.256. The van der Waals surface area contributed by atoms with E-state index in [1.807, 2.05) is 13.0 Å². The van der Waals surface area contributed by atoms with Crippen LogP contribution in [0.3, 0.4) is 0 Å². The first-order valence-corrected chi connectivity index (χ1v) is 7.99. The Morgan fingerprint density at radius 3 is 2.80 bits per heavy atom. The molecule has 2 amide bonds. The van der Waals surface area contributed by atoms with Crippen molar-refractivity contribution in [1.82, 2.24) is 5.32 Å². The van der Waals surface area contributed by atoms with Gasteiger partial charge in [0.15, 0.2) is 11.5 Å². The summed E-state index contributed by atoms with van der Waals surface area (Å²) >= 11 is 6.21. The molecule has 2 N–H and O–H groups in total. The van der Waals surface area contributed by atoms with Crippen molar-refractivity contribution in [2.45, 2.75) is 13.5 Å². The minimum atomic E-state index is -0.390. The monoisotopic (exact) mass is 359 g/mol. The molecular formula is C18H18ClN3O3. The van der Waals surface area contributed by atoms with Gasteiger partial charge in [0.1, 0.15) is 0 Å². The van der Waals surface area contributed by atoms with Crippen LogP contribution in [0.15, 0.2) is 36.4 Å². The van der Waals surface area contributed by atoms with Crippen LogP contribution in [-0.2, 0) is 6.54 Å². The molecule has 0 aromatic heterocycles. The van der Waals surface area contributed by atoms with Crippen LogP contribution in [0.1, 0.15) is 18.1 Å². The summed E-state index contributed by atoms with van der Waals surface area (Å²) in [6, 6.07) is 11.8. The molecule has 0 fully saturated rings. The van der Waals surface area contributed by atoms with Gasteiger partial charge < -0.3 is 20.1 Å². The van der Waals surface area contributed by atoms with Crippen LogP contribution >= 0.6 is 11.6 Å². The average Bonchev–Trinajstić information content (AvgIpc) is 2.62. The minimum Gasteiger partial charge on any atom is -0.493 e. The summed E-state index contributed by atoms with van der Waals surface area (Å²) in [6.45, 7) is 2.58. The fourth-order valence-electron chi connectivity index (χ4n) is 2.18. The van der Waals surface area contributed by atoms with Crippen LogP contribution in [0.5, 0.6) is 11.5 Å². The second-order valence-electron chi connectivity index (χ2n) is 5.04. The van der Waals surface area contributed by atoms with Crippen LogP contribution < -0.4 is 20.1 Å². The number of hydrogen-bond donors (Lipinski definition) is 2. The van der Waals surface area contributed by atoms with Crippen molar-refractivity contribution >= 4 is 23.3 Å². The van der Waals surface area contributed by atoms with Crippen LogP contribution in [0.4, 0.5) is 10.5 Å². The molecule has 2 rings (SSSR count). The fourth-order valence-corrected chi connectivity index (χ4v) is 2.47. The van der Waals surface area contributed by atoms with Gasteiger partial charge in [-0.2, -0.15) is 5.26 Å². The first-order valence-electron chi connectivity index (χ1n) is 7.61. The summed E-state index contributed by atoms with van der Waals surface area (Å²) in [5.74, 6) is 0.987. The van der Waals surface area contributed by atoms with E-state index in [1.165, 1.54) is 7.11 Å². The zero-order valence-corrected chi connectivity index (χ0v) is 14.7. The molecule has 25 heavy (non-hydrogen) atoms. The number of hydrogen-bond acceptors (Lipinski definition) is 4. The number of halogens is 1. The summed E-state index contributed by atoms with van der Waals surface area (Å²) in [5, 5.41) is 14.7. The summed E-state index contributed by atoms with van der Waals surface area (Å²) in [7, 11) is 1.53. The zero-order chi connectivity index (χ0) is 18.2. The Kier molecular flexibility index (Phi) is 6.49. The lowest BCUT2D eigenvalue weighted by Gasteiger charge is -2.14. The lowest BCUT2D eigenvalue weighted by atomic mass is 10.2. The third-order valence-electron chi connectivity index (χ3n) is 3.28. The molecule has 0 aliphatic heterocycles. The summed E-state index contributed by atoms with van der Waals surface area (Å²) in [6.07, 6.45) is 0. The highest BCUT2D eigenvalue weighted by atomic mass is 35.5. The van der Waals surface area contributed by atoms with Gasteiger partial charge in [0.05, 0.1) is 30.4 Å². The molecule has 0 heterocycles. The number of amides is 2. The number of carbonyl (C=O) groups is 1. The zero-order valence-electron chi connectivity index (χ0n) is 13.9. The van der Waals surface area contributed by atoms with Gasteiger partial charge in [-0.25, -0.2) is 4.79 Å². The van der Waals surface area contributed by atoms with E-state index in [9.17, 15) is 4.79 Å². The molecule has 130 valence electrons. The van der Waals surface area contributed by atoms with Gasteiger partial charge in [-0.05, 0) is 42.8 Å². The highest BCUT2D eigenvalue weighted by Gasteiger charge is 2.12. The Morgan fingerprint density at radius 2 is 2.12 bits per heavy atom. The number of nitrogens with one attached hydrogen (secondary N) is 2. The largest absolute Gasteiger partial charge is 0.493 e. The maximum absolute atomic E-state index is 12.0. The SMILES string of the molecule is CCOc1c(Cl)cc(CNC(=O)Nc2cccc(C#N)c2)cc1OC. The lowest BCUT2D eigenvalue weighted by Crippen LogP contribution is -2.28. The highest BCUT2D eigenvalue weighted by Crippen LogP contribution is 2.36. The Balaban J connectivity index is 2.01. The van der Waals surface area contributed by atoms with Gasteiger partial charge >= 0.3 is 6.03 Å². The van der Waals surface area contributed by atoms with Gasteiger partial charge in [0, 0.05) is 12.2 Å². The van der Waals surface area contributed by atoms with E-state index >= 15 is 0 Å². The average molecular weight is 360 g/mol. The molecular weight excluding hydrogens is 342 g/mol. The van der Waals surface area contributed by atoms with E-state index in [-0.39, 0.29) is 12.6 Å². The van der Waals surface area contributed by atoms with Crippen molar-refractivity contribution < 1.29 is 14.3 Å². The number of rotatable bonds is 6. The smallest absolute Gasteiger partial charge is 0.319 e.